The zero-order valence-corrected chi connectivity index (χ0v) is 14.0. The number of aromatic nitrogens is 1. The quantitative estimate of drug-likeness (QED) is 0.778. The first-order valence-corrected chi connectivity index (χ1v) is 8.61. The number of amides is 1. The van der Waals surface area contributed by atoms with Crippen LogP contribution >= 0.6 is 0 Å². The summed E-state index contributed by atoms with van der Waals surface area (Å²) in [5.41, 5.74) is 12.2. The van der Waals surface area contributed by atoms with Crippen LogP contribution < -0.4 is 5.73 Å². The Morgan fingerprint density at radius 3 is 2.64 bits per heavy atom. The lowest BCUT2D eigenvalue weighted by atomic mass is 9.97. The largest absolute Gasteiger partial charge is 0.463 e. The number of hydrogen-bond donors (Lipinski definition) is 1. The minimum atomic E-state index is -0.303. The molecule has 0 saturated heterocycles. The molecule has 0 unspecified atom stereocenters. The van der Waals surface area contributed by atoms with Gasteiger partial charge in [0.15, 0.2) is 5.76 Å². The van der Waals surface area contributed by atoms with E-state index in [-0.39, 0.29) is 12.3 Å². The summed E-state index contributed by atoms with van der Waals surface area (Å²) in [4.78, 5) is 15.8. The number of pyridine rings is 1. The lowest BCUT2D eigenvalue weighted by Crippen LogP contribution is -2.13. The fraction of sp³-hybridized carbons (Fsp3) is 0.238. The van der Waals surface area contributed by atoms with Crippen molar-refractivity contribution in [1.29, 1.82) is 0 Å². The third-order valence-electron chi connectivity index (χ3n) is 4.71. The van der Waals surface area contributed by atoms with Crippen molar-refractivity contribution in [2.75, 3.05) is 0 Å². The van der Waals surface area contributed by atoms with Crippen molar-refractivity contribution in [1.82, 2.24) is 4.98 Å². The molecule has 126 valence electrons. The molecule has 4 nitrogen and oxygen atoms in total. The summed E-state index contributed by atoms with van der Waals surface area (Å²) in [6.45, 7) is 0. The summed E-state index contributed by atoms with van der Waals surface area (Å²) in [6.07, 6.45) is 6.11. The SMILES string of the molecule is NC(=O)Cc1ccc(Cc2cc(-c3ccco3)nc3c2CCC3)cc1. The number of nitrogens with zero attached hydrogens (tertiary/aromatic N) is 1. The highest BCUT2D eigenvalue weighted by Gasteiger charge is 2.19. The third-order valence-corrected chi connectivity index (χ3v) is 4.71. The van der Waals surface area contributed by atoms with E-state index in [2.05, 4.69) is 18.2 Å². The number of benzene rings is 1. The molecule has 3 aromatic rings. The first-order chi connectivity index (χ1) is 12.2. The number of carbonyl (C=O) groups excluding carboxylic acids is 1. The van der Waals surface area contributed by atoms with Gasteiger partial charge in [-0.05, 0) is 66.1 Å². The van der Waals surface area contributed by atoms with E-state index in [0.717, 1.165) is 42.7 Å². The lowest BCUT2D eigenvalue weighted by molar-refractivity contribution is -0.117. The number of fused-ring (bicyclic) bond motifs is 1. The Balaban J connectivity index is 1.64. The van der Waals surface area contributed by atoms with Gasteiger partial charge in [0.2, 0.25) is 5.91 Å². The van der Waals surface area contributed by atoms with Crippen LogP contribution in [0.15, 0.2) is 53.1 Å². The van der Waals surface area contributed by atoms with E-state index in [9.17, 15) is 4.79 Å². The van der Waals surface area contributed by atoms with E-state index in [1.54, 1.807) is 6.26 Å². The van der Waals surface area contributed by atoms with Gasteiger partial charge in [-0.2, -0.15) is 0 Å². The van der Waals surface area contributed by atoms with E-state index >= 15 is 0 Å². The first kappa shape index (κ1) is 15.6. The number of rotatable bonds is 5. The number of hydrogen-bond acceptors (Lipinski definition) is 3. The molecule has 2 aromatic heterocycles. The second kappa shape index (κ2) is 6.55. The fourth-order valence-corrected chi connectivity index (χ4v) is 3.53. The molecular formula is C21H20N2O2. The van der Waals surface area contributed by atoms with Crippen molar-refractivity contribution in [2.24, 2.45) is 5.73 Å². The van der Waals surface area contributed by atoms with Crippen LogP contribution in [0.4, 0.5) is 0 Å². The van der Waals surface area contributed by atoms with Gasteiger partial charge in [0, 0.05) is 5.69 Å². The molecule has 0 atom stereocenters. The molecular weight excluding hydrogens is 312 g/mol. The summed E-state index contributed by atoms with van der Waals surface area (Å²) in [7, 11) is 0. The second-order valence-electron chi connectivity index (χ2n) is 6.56. The molecule has 1 aliphatic carbocycles. The van der Waals surface area contributed by atoms with Gasteiger partial charge in [0.1, 0.15) is 5.69 Å². The van der Waals surface area contributed by atoms with Crippen LogP contribution in [0.3, 0.4) is 0 Å². The van der Waals surface area contributed by atoms with E-state index < -0.39 is 0 Å². The van der Waals surface area contributed by atoms with Gasteiger partial charge >= 0.3 is 0 Å². The number of furan rings is 1. The number of aryl methyl sites for hydroxylation is 1. The maximum Gasteiger partial charge on any atom is 0.221 e. The maximum atomic E-state index is 11.0. The Morgan fingerprint density at radius 1 is 1.12 bits per heavy atom. The van der Waals surface area contributed by atoms with E-state index in [4.69, 9.17) is 15.1 Å². The Labute approximate surface area is 146 Å². The number of nitrogens with two attached hydrogens (primary N) is 1. The van der Waals surface area contributed by atoms with Crippen LogP contribution in [0, 0.1) is 0 Å². The van der Waals surface area contributed by atoms with Crippen LogP contribution in [0.5, 0.6) is 0 Å². The average Bonchev–Trinajstić information content (AvgIpc) is 3.27. The third kappa shape index (κ3) is 3.33. The molecule has 0 bridgehead atoms. The first-order valence-electron chi connectivity index (χ1n) is 8.61. The molecule has 0 radical (unpaired) electrons. The molecule has 2 N–H and O–H groups in total. The van der Waals surface area contributed by atoms with Crippen molar-refractivity contribution in [3.05, 3.63) is 76.7 Å². The molecule has 0 saturated carbocycles. The second-order valence-corrected chi connectivity index (χ2v) is 6.56. The lowest BCUT2D eigenvalue weighted by Gasteiger charge is -2.11. The van der Waals surface area contributed by atoms with E-state index in [1.165, 1.54) is 22.4 Å². The van der Waals surface area contributed by atoms with Crippen molar-refractivity contribution in [3.8, 4) is 11.5 Å². The molecule has 1 amide bonds. The maximum absolute atomic E-state index is 11.0. The van der Waals surface area contributed by atoms with Crippen molar-refractivity contribution in [2.45, 2.75) is 32.1 Å². The number of carbonyl (C=O) groups is 1. The molecule has 1 aliphatic rings. The Hall–Kier alpha value is -2.88. The average molecular weight is 332 g/mol. The Morgan fingerprint density at radius 2 is 1.92 bits per heavy atom. The zero-order valence-electron chi connectivity index (χ0n) is 14.0. The normalized spacial score (nSPS) is 13.0. The summed E-state index contributed by atoms with van der Waals surface area (Å²) >= 11 is 0. The monoisotopic (exact) mass is 332 g/mol. The van der Waals surface area contributed by atoms with Gasteiger partial charge in [-0.3, -0.25) is 4.79 Å². The molecule has 2 heterocycles. The van der Waals surface area contributed by atoms with E-state index in [0.29, 0.717) is 0 Å². The Bertz CT molecular complexity index is 896. The van der Waals surface area contributed by atoms with Gasteiger partial charge in [-0.15, -0.1) is 0 Å². The molecule has 0 spiro atoms. The predicted molar refractivity (Wildman–Crippen MR) is 96.1 cm³/mol. The summed E-state index contributed by atoms with van der Waals surface area (Å²) in [5.74, 6) is 0.510. The molecule has 1 aromatic carbocycles. The molecule has 0 fully saturated rings. The van der Waals surface area contributed by atoms with Gasteiger partial charge in [0.05, 0.1) is 12.7 Å². The summed E-state index contributed by atoms with van der Waals surface area (Å²) < 4.78 is 5.53. The van der Waals surface area contributed by atoms with Crippen LogP contribution in [-0.4, -0.2) is 10.9 Å². The zero-order chi connectivity index (χ0) is 17.2. The van der Waals surface area contributed by atoms with Crippen LogP contribution in [0.2, 0.25) is 0 Å². The molecule has 4 rings (SSSR count). The molecule has 4 heteroatoms. The molecule has 25 heavy (non-hydrogen) atoms. The Kier molecular flexibility index (Phi) is 4.10. The minimum Gasteiger partial charge on any atom is -0.463 e. The van der Waals surface area contributed by atoms with E-state index in [1.807, 2.05) is 24.3 Å². The van der Waals surface area contributed by atoms with Crippen molar-refractivity contribution in [3.63, 3.8) is 0 Å². The van der Waals surface area contributed by atoms with Crippen LogP contribution in [0.25, 0.3) is 11.5 Å². The minimum absolute atomic E-state index is 0.285. The standard InChI is InChI=1S/C21H20N2O2/c22-21(24)12-15-8-6-14(7-9-15)11-16-13-19(20-5-2-10-25-20)23-18-4-1-3-17(16)18/h2,5-10,13H,1,3-4,11-12H2,(H2,22,24). The smallest absolute Gasteiger partial charge is 0.221 e. The predicted octanol–water partition coefficient (Wildman–Crippen LogP) is 3.45. The highest BCUT2D eigenvalue weighted by Crippen LogP contribution is 2.30. The fourth-order valence-electron chi connectivity index (χ4n) is 3.53. The van der Waals surface area contributed by atoms with Crippen molar-refractivity contribution < 1.29 is 9.21 Å². The highest BCUT2D eigenvalue weighted by molar-refractivity contribution is 5.76. The van der Waals surface area contributed by atoms with Crippen LogP contribution in [-0.2, 0) is 30.5 Å². The number of primary amides is 1. The topological polar surface area (TPSA) is 69.1 Å². The van der Waals surface area contributed by atoms with Gasteiger partial charge in [-0.1, -0.05) is 24.3 Å². The summed E-state index contributed by atoms with van der Waals surface area (Å²) in [6, 6.07) is 14.1. The summed E-state index contributed by atoms with van der Waals surface area (Å²) in [5, 5.41) is 0. The van der Waals surface area contributed by atoms with Crippen molar-refractivity contribution >= 4 is 5.91 Å². The highest BCUT2D eigenvalue weighted by atomic mass is 16.3. The molecule has 0 aliphatic heterocycles. The van der Waals surface area contributed by atoms with Gasteiger partial charge in [-0.25, -0.2) is 4.98 Å². The van der Waals surface area contributed by atoms with Gasteiger partial charge in [0.25, 0.3) is 0 Å². The van der Waals surface area contributed by atoms with Gasteiger partial charge < -0.3 is 10.2 Å². The van der Waals surface area contributed by atoms with Crippen LogP contribution in [0.1, 0.15) is 34.4 Å².